The minimum atomic E-state index is -0.333. The minimum absolute atomic E-state index is 0.181. The lowest BCUT2D eigenvalue weighted by Crippen LogP contribution is -2.12. The summed E-state index contributed by atoms with van der Waals surface area (Å²) < 4.78 is 18.7. The first-order valence-corrected chi connectivity index (χ1v) is 10.7. The van der Waals surface area contributed by atoms with Crippen LogP contribution in [0.2, 0.25) is 0 Å². The molecule has 0 bridgehead atoms. The van der Waals surface area contributed by atoms with E-state index in [2.05, 4.69) is 29.5 Å². The molecule has 1 N–H and O–H groups in total. The van der Waals surface area contributed by atoms with Gasteiger partial charge in [-0.25, -0.2) is 0 Å². The molecule has 0 aliphatic heterocycles. The van der Waals surface area contributed by atoms with Crippen molar-refractivity contribution in [2.75, 3.05) is 12.4 Å². The van der Waals surface area contributed by atoms with Crippen LogP contribution < -0.4 is 14.8 Å². The van der Waals surface area contributed by atoms with Gasteiger partial charge in [-0.15, -0.1) is 0 Å². The summed E-state index contributed by atoms with van der Waals surface area (Å²) in [7, 11) is 1.59. The zero-order valence-electron chi connectivity index (χ0n) is 19.2. The number of ether oxygens (including phenoxy) is 2. The summed E-state index contributed by atoms with van der Waals surface area (Å²) in [5, 5.41) is 7.56. The second kappa shape index (κ2) is 9.65. The molecule has 33 heavy (non-hydrogen) atoms. The van der Waals surface area contributed by atoms with Gasteiger partial charge >= 0.3 is 0 Å². The Hall–Kier alpha value is -4.00. The maximum absolute atomic E-state index is 12.8. The van der Waals surface area contributed by atoms with Crippen LogP contribution in [0.5, 0.6) is 11.5 Å². The van der Waals surface area contributed by atoms with Gasteiger partial charge in [0, 0.05) is 0 Å². The van der Waals surface area contributed by atoms with E-state index in [4.69, 9.17) is 13.9 Å². The Morgan fingerprint density at radius 3 is 2.48 bits per heavy atom. The number of carbonyl (C=O) groups excluding carboxylic acids is 1. The second-order valence-corrected chi connectivity index (χ2v) is 7.79. The predicted molar refractivity (Wildman–Crippen MR) is 126 cm³/mol. The third-order valence-electron chi connectivity index (χ3n) is 5.53. The number of hydrogen-bond donors (Lipinski definition) is 1. The van der Waals surface area contributed by atoms with E-state index in [-0.39, 0.29) is 18.3 Å². The molecule has 0 unspecified atom stereocenters. The minimum Gasteiger partial charge on any atom is -0.493 e. The number of carbonyl (C=O) groups is 1. The fraction of sp³-hybridized carbons (Fsp3) is 0.231. The number of methoxy groups -OCH3 is 1. The maximum atomic E-state index is 12.8. The first kappa shape index (κ1) is 22.2. The van der Waals surface area contributed by atoms with E-state index < -0.39 is 0 Å². The number of rotatable bonds is 8. The van der Waals surface area contributed by atoms with Gasteiger partial charge in [-0.3, -0.25) is 9.48 Å². The molecule has 7 nitrogen and oxygen atoms in total. The monoisotopic (exact) mass is 445 g/mol. The third-order valence-corrected chi connectivity index (χ3v) is 5.53. The van der Waals surface area contributed by atoms with Gasteiger partial charge in [-0.2, -0.15) is 5.10 Å². The fourth-order valence-corrected chi connectivity index (χ4v) is 3.62. The third kappa shape index (κ3) is 4.92. The Labute approximate surface area is 192 Å². The van der Waals surface area contributed by atoms with E-state index in [9.17, 15) is 4.79 Å². The first-order valence-electron chi connectivity index (χ1n) is 10.7. The van der Waals surface area contributed by atoms with Crippen molar-refractivity contribution in [3.63, 3.8) is 0 Å². The normalized spacial score (nSPS) is 10.8. The number of benzene rings is 2. The molecular weight excluding hydrogens is 418 g/mol. The Kier molecular flexibility index (Phi) is 6.49. The topological polar surface area (TPSA) is 78.5 Å². The molecule has 0 aliphatic rings. The van der Waals surface area contributed by atoms with Gasteiger partial charge in [0.2, 0.25) is 0 Å². The molecule has 0 atom stereocenters. The number of nitrogens with zero attached hydrogens (tertiary/aromatic N) is 2. The van der Waals surface area contributed by atoms with Crippen molar-refractivity contribution in [2.45, 2.75) is 33.9 Å². The number of amides is 1. The highest BCUT2D eigenvalue weighted by atomic mass is 16.5. The molecule has 7 heteroatoms. The van der Waals surface area contributed by atoms with Crippen molar-refractivity contribution >= 4 is 11.6 Å². The van der Waals surface area contributed by atoms with Crippen LogP contribution in [0.1, 0.15) is 38.8 Å². The van der Waals surface area contributed by atoms with E-state index in [0.717, 1.165) is 11.4 Å². The Balaban J connectivity index is 1.43. The second-order valence-electron chi connectivity index (χ2n) is 7.79. The van der Waals surface area contributed by atoms with Gasteiger partial charge in [-0.05, 0) is 56.2 Å². The molecule has 0 fully saturated rings. The molecule has 0 radical (unpaired) electrons. The fourth-order valence-electron chi connectivity index (χ4n) is 3.62. The summed E-state index contributed by atoms with van der Waals surface area (Å²) in [5.41, 5.74) is 4.72. The maximum Gasteiger partial charge on any atom is 0.291 e. The number of hydrogen-bond acceptors (Lipinski definition) is 5. The molecule has 2 aromatic carbocycles. The van der Waals surface area contributed by atoms with E-state index in [0.29, 0.717) is 29.5 Å². The van der Waals surface area contributed by atoms with E-state index in [1.165, 1.54) is 11.1 Å². The van der Waals surface area contributed by atoms with E-state index >= 15 is 0 Å². The highest BCUT2D eigenvalue weighted by Gasteiger charge is 2.18. The van der Waals surface area contributed by atoms with Crippen molar-refractivity contribution < 1.29 is 18.7 Å². The van der Waals surface area contributed by atoms with Gasteiger partial charge in [0.1, 0.15) is 12.4 Å². The van der Waals surface area contributed by atoms with Crippen LogP contribution in [0.4, 0.5) is 5.69 Å². The average Bonchev–Trinajstić information content (AvgIpc) is 3.40. The smallest absolute Gasteiger partial charge is 0.291 e. The molecule has 0 spiro atoms. The average molecular weight is 446 g/mol. The molecule has 1 amide bonds. The van der Waals surface area contributed by atoms with Crippen LogP contribution in [-0.4, -0.2) is 22.8 Å². The van der Waals surface area contributed by atoms with Gasteiger partial charge < -0.3 is 19.2 Å². The predicted octanol–water partition coefficient (Wildman–Crippen LogP) is 5.29. The summed E-state index contributed by atoms with van der Waals surface area (Å²) in [6.45, 7) is 6.73. The summed E-state index contributed by atoms with van der Waals surface area (Å²) in [5.74, 6) is 1.65. The SMILES string of the molecule is COc1ccccc1OCc1ccc(C(=O)Nc2c(C)nn(Cc3ccccc3C)c2C)o1. The Bertz CT molecular complexity index is 1270. The lowest BCUT2D eigenvalue weighted by atomic mass is 10.1. The van der Waals surface area contributed by atoms with Crippen molar-refractivity contribution in [1.82, 2.24) is 9.78 Å². The summed E-state index contributed by atoms with van der Waals surface area (Å²) >= 11 is 0. The molecule has 4 rings (SSSR count). The van der Waals surface area contributed by atoms with Crippen LogP contribution in [-0.2, 0) is 13.2 Å². The molecular formula is C26H27N3O4. The van der Waals surface area contributed by atoms with Crippen LogP contribution in [0.15, 0.2) is 65.1 Å². The lowest BCUT2D eigenvalue weighted by Gasteiger charge is -2.09. The van der Waals surface area contributed by atoms with E-state index in [1.54, 1.807) is 19.2 Å². The van der Waals surface area contributed by atoms with Gasteiger partial charge in [0.25, 0.3) is 5.91 Å². The number of anilines is 1. The summed E-state index contributed by atoms with van der Waals surface area (Å²) in [4.78, 5) is 12.8. The Morgan fingerprint density at radius 2 is 1.73 bits per heavy atom. The van der Waals surface area contributed by atoms with Crippen molar-refractivity contribution in [1.29, 1.82) is 0 Å². The number of para-hydroxylation sites is 2. The van der Waals surface area contributed by atoms with Crippen LogP contribution in [0.3, 0.4) is 0 Å². The standard InChI is InChI=1S/C26H27N3O4/c1-17-9-5-6-10-20(17)15-29-19(3)25(18(2)28-29)27-26(30)24-14-13-21(33-24)16-32-23-12-8-7-11-22(23)31-4/h5-14H,15-16H2,1-4H3,(H,27,30). The first-order chi connectivity index (χ1) is 16.0. The number of aromatic nitrogens is 2. The molecule has 0 aliphatic carbocycles. The molecule has 4 aromatic rings. The Morgan fingerprint density at radius 1 is 1.00 bits per heavy atom. The zero-order chi connectivity index (χ0) is 23.4. The summed E-state index contributed by atoms with van der Waals surface area (Å²) in [6.07, 6.45) is 0. The molecule has 170 valence electrons. The van der Waals surface area contributed by atoms with Crippen LogP contribution in [0.25, 0.3) is 0 Å². The highest BCUT2D eigenvalue weighted by molar-refractivity contribution is 6.02. The van der Waals surface area contributed by atoms with Gasteiger partial charge in [0.15, 0.2) is 17.3 Å². The summed E-state index contributed by atoms with van der Waals surface area (Å²) in [6, 6.07) is 18.9. The molecule has 0 saturated heterocycles. The van der Waals surface area contributed by atoms with Gasteiger partial charge in [-0.1, -0.05) is 36.4 Å². The molecule has 2 heterocycles. The van der Waals surface area contributed by atoms with Crippen molar-refractivity contribution in [2.24, 2.45) is 0 Å². The number of aryl methyl sites for hydroxylation is 2. The molecule has 2 aromatic heterocycles. The zero-order valence-corrected chi connectivity index (χ0v) is 19.2. The lowest BCUT2D eigenvalue weighted by molar-refractivity contribution is 0.0992. The van der Waals surface area contributed by atoms with Crippen molar-refractivity contribution in [3.8, 4) is 11.5 Å². The van der Waals surface area contributed by atoms with Crippen LogP contribution in [0, 0.1) is 20.8 Å². The van der Waals surface area contributed by atoms with Crippen molar-refractivity contribution in [3.05, 3.63) is 94.7 Å². The number of nitrogens with one attached hydrogen (secondary N) is 1. The highest BCUT2D eigenvalue weighted by Crippen LogP contribution is 2.27. The van der Waals surface area contributed by atoms with Gasteiger partial charge in [0.05, 0.1) is 30.7 Å². The molecule has 0 saturated carbocycles. The number of furan rings is 1. The van der Waals surface area contributed by atoms with E-state index in [1.807, 2.05) is 54.9 Å². The largest absolute Gasteiger partial charge is 0.493 e. The van der Waals surface area contributed by atoms with Crippen LogP contribution >= 0.6 is 0 Å². The quantitative estimate of drug-likeness (QED) is 0.399.